The second kappa shape index (κ2) is 22.8. The fraction of sp³-hybridized carbons (Fsp3) is 0.143. The molecule has 7 aromatic carbocycles. The van der Waals surface area contributed by atoms with E-state index in [0.29, 0.717) is 16.8 Å². The number of azo groups is 1. The van der Waals surface area contributed by atoms with Crippen LogP contribution in [0.5, 0.6) is 5.75 Å². The number of aromatic amines is 1. The maximum atomic E-state index is 13.2. The Hall–Kier alpha value is -5.83. The third-order valence-electron chi connectivity index (χ3n) is 8.86. The van der Waals surface area contributed by atoms with Gasteiger partial charge in [0.1, 0.15) is 5.69 Å². The van der Waals surface area contributed by atoms with Crippen molar-refractivity contribution >= 4 is 66.9 Å². The summed E-state index contributed by atoms with van der Waals surface area (Å²) < 4.78 is 0. The van der Waals surface area contributed by atoms with Crippen LogP contribution in [0.3, 0.4) is 0 Å². The quantitative estimate of drug-likeness (QED) is 0.0988. The van der Waals surface area contributed by atoms with Crippen LogP contribution >= 0.6 is 0 Å². The van der Waals surface area contributed by atoms with E-state index in [1.807, 2.05) is 139 Å². The molecule has 0 spiro atoms. The number of phenols is 1. The van der Waals surface area contributed by atoms with Gasteiger partial charge in [-0.05, 0) is 67.8 Å². The van der Waals surface area contributed by atoms with Crippen molar-refractivity contribution in [3.05, 3.63) is 176 Å². The standard InChI is InChI=1S/C30H22N4O2.C8H11N.C8H10N.C2H6.CH3.Y/c1-18-11-14-21(15-12-18)33-34-28-26-19(13-16-23-22-9-5-6-10-25(22)32-27(23)26)17-24(29(28)35)30(36)31-20-7-3-2-4-8-20;1-7-3-5-8(9-2)6-4-7;1-9(2)8-6-4-3-5-7-8;1-2;;/h2-17,32,35H,1H3,(H,31,36);3-6,9H,1-2H3;4-7H,1-2H3;1-2H3;1H3;/q;;-1;;-1;. The van der Waals surface area contributed by atoms with Crippen molar-refractivity contribution < 1.29 is 42.6 Å². The first-order valence-corrected chi connectivity index (χ1v) is 18.6. The molecule has 0 saturated heterocycles. The predicted octanol–water partition coefficient (Wildman–Crippen LogP) is 13.2. The molecule has 0 aliphatic heterocycles. The second-order valence-electron chi connectivity index (χ2n) is 13.0. The van der Waals surface area contributed by atoms with Gasteiger partial charge in [-0.25, -0.2) is 0 Å². The summed E-state index contributed by atoms with van der Waals surface area (Å²) in [6, 6.07) is 49.6. The summed E-state index contributed by atoms with van der Waals surface area (Å²) in [5.41, 5.74) is 8.25. The van der Waals surface area contributed by atoms with Crippen LogP contribution in [0.1, 0.15) is 35.3 Å². The van der Waals surface area contributed by atoms with Crippen LogP contribution < -0.4 is 15.5 Å². The van der Waals surface area contributed by atoms with Gasteiger partial charge in [-0.15, -0.1) is 17.2 Å². The van der Waals surface area contributed by atoms with Gasteiger partial charge in [-0.2, -0.15) is 23.3 Å². The number of phenolic OH excluding ortho intramolecular Hbond substituents is 1. The maximum absolute atomic E-state index is 13.2. The van der Waals surface area contributed by atoms with Crippen molar-refractivity contribution in [2.75, 3.05) is 36.7 Å². The molecule has 1 heterocycles. The molecule has 4 N–H and O–H groups in total. The van der Waals surface area contributed by atoms with Crippen LogP contribution in [0.15, 0.2) is 156 Å². The SMILES string of the molecule is CC.CN(C)c1cc[c-]cc1.CNc1ccc(C)cc1.Cc1ccc(N=Nc2c(O)c(C(=O)Nc3ccccc3)cc3ccc4c5ccccc5[nH]c4c23)cc1.[CH3-].[Y]. The minimum atomic E-state index is -0.427. The summed E-state index contributed by atoms with van der Waals surface area (Å²) >= 11 is 0. The zero-order valence-corrected chi connectivity index (χ0v) is 37.5. The Kier molecular flexibility index (Phi) is 18.3. The van der Waals surface area contributed by atoms with Crippen LogP contribution in [0.4, 0.5) is 28.4 Å². The molecule has 8 nitrogen and oxygen atoms in total. The van der Waals surface area contributed by atoms with Crippen LogP contribution in [0.25, 0.3) is 32.6 Å². The van der Waals surface area contributed by atoms with E-state index >= 15 is 0 Å². The number of aryl methyl sites for hydroxylation is 2. The van der Waals surface area contributed by atoms with Crippen LogP contribution in [0, 0.1) is 27.3 Å². The normalized spacial score (nSPS) is 10.1. The number of nitrogens with zero attached hydrogens (tertiary/aromatic N) is 3. The van der Waals surface area contributed by atoms with Crippen LogP contribution in [-0.2, 0) is 32.7 Å². The van der Waals surface area contributed by atoms with Gasteiger partial charge in [0.25, 0.3) is 5.91 Å². The molecule has 295 valence electrons. The van der Waals surface area contributed by atoms with Gasteiger partial charge in [-0.3, -0.25) is 4.79 Å². The number of rotatable bonds is 6. The van der Waals surface area contributed by atoms with Crippen molar-refractivity contribution in [2.24, 2.45) is 10.2 Å². The fourth-order valence-corrected chi connectivity index (χ4v) is 5.89. The first-order valence-electron chi connectivity index (χ1n) is 18.6. The number of aromatic hydroxyl groups is 1. The molecule has 1 aromatic heterocycles. The molecule has 8 aromatic rings. The topological polar surface area (TPSA) is 105 Å². The molecular weight excluding hydrogens is 793 g/mol. The molecule has 0 aliphatic carbocycles. The number of para-hydroxylation sites is 2. The number of aromatic nitrogens is 1. The summed E-state index contributed by atoms with van der Waals surface area (Å²) in [6.07, 6.45) is 0. The number of hydrogen-bond acceptors (Lipinski definition) is 6. The number of H-pyrrole nitrogens is 1. The largest absolute Gasteiger partial charge is 0.505 e. The molecule has 0 aliphatic rings. The Balaban J connectivity index is 0.000000337. The maximum Gasteiger partial charge on any atom is 0.259 e. The molecule has 58 heavy (non-hydrogen) atoms. The predicted molar refractivity (Wildman–Crippen MR) is 243 cm³/mol. The van der Waals surface area contributed by atoms with Gasteiger partial charge < -0.3 is 33.1 Å². The molecule has 0 saturated carbocycles. The first-order chi connectivity index (χ1) is 27.2. The summed E-state index contributed by atoms with van der Waals surface area (Å²) in [6.45, 7) is 8.08. The Morgan fingerprint density at radius 2 is 1.33 bits per heavy atom. The molecular formula is C49H52N6O2Y-2. The van der Waals surface area contributed by atoms with E-state index < -0.39 is 5.91 Å². The van der Waals surface area contributed by atoms with E-state index in [-0.39, 0.29) is 57.1 Å². The van der Waals surface area contributed by atoms with Gasteiger partial charge in [-0.1, -0.05) is 103 Å². The number of fused-ring (bicyclic) bond motifs is 5. The van der Waals surface area contributed by atoms with E-state index in [2.05, 4.69) is 74.1 Å². The third-order valence-corrected chi connectivity index (χ3v) is 8.86. The summed E-state index contributed by atoms with van der Waals surface area (Å²) in [4.78, 5) is 18.7. The van der Waals surface area contributed by atoms with Crippen molar-refractivity contribution in [3.63, 3.8) is 0 Å². The number of carbonyl (C=O) groups is 1. The number of amides is 1. The molecule has 0 atom stereocenters. The van der Waals surface area contributed by atoms with Crippen molar-refractivity contribution in [3.8, 4) is 5.75 Å². The molecule has 1 amide bonds. The Morgan fingerprint density at radius 1 is 0.724 bits per heavy atom. The Labute approximate surface area is 368 Å². The number of nitrogens with one attached hydrogen (secondary N) is 3. The number of benzene rings is 7. The summed E-state index contributed by atoms with van der Waals surface area (Å²) in [7, 11) is 5.97. The van der Waals surface area contributed by atoms with E-state index in [9.17, 15) is 9.90 Å². The zero-order chi connectivity index (χ0) is 40.0. The molecule has 0 unspecified atom stereocenters. The first kappa shape index (κ1) is 46.6. The average Bonchev–Trinajstić information content (AvgIpc) is 3.62. The van der Waals surface area contributed by atoms with Crippen molar-refractivity contribution in [2.45, 2.75) is 27.7 Å². The van der Waals surface area contributed by atoms with Crippen molar-refractivity contribution in [1.29, 1.82) is 0 Å². The fourth-order valence-electron chi connectivity index (χ4n) is 5.89. The van der Waals surface area contributed by atoms with E-state index in [1.165, 1.54) is 16.9 Å². The zero-order valence-electron chi connectivity index (χ0n) is 34.6. The molecule has 8 rings (SSSR count). The van der Waals surface area contributed by atoms with Gasteiger partial charge >= 0.3 is 0 Å². The molecule has 1 radical (unpaired) electrons. The third kappa shape index (κ3) is 11.9. The molecule has 0 fully saturated rings. The van der Waals surface area contributed by atoms with Gasteiger partial charge in [0.05, 0.1) is 16.8 Å². The minimum Gasteiger partial charge on any atom is -0.505 e. The van der Waals surface area contributed by atoms with E-state index in [1.54, 1.807) is 18.2 Å². The van der Waals surface area contributed by atoms with Crippen LogP contribution in [-0.4, -0.2) is 37.1 Å². The summed E-state index contributed by atoms with van der Waals surface area (Å²) in [5, 5.41) is 29.7. The van der Waals surface area contributed by atoms with E-state index in [0.717, 1.165) is 32.8 Å². The summed E-state index contributed by atoms with van der Waals surface area (Å²) in [5.74, 6) is -0.651. The monoisotopic (exact) mass is 845 g/mol. The van der Waals surface area contributed by atoms with Gasteiger partial charge in [0.2, 0.25) is 0 Å². The average molecular weight is 846 g/mol. The smallest absolute Gasteiger partial charge is 0.259 e. The second-order valence-corrected chi connectivity index (χ2v) is 13.0. The van der Waals surface area contributed by atoms with Gasteiger partial charge in [0.15, 0.2) is 5.75 Å². The molecule has 9 heteroatoms. The number of hydrogen-bond donors (Lipinski definition) is 4. The Bertz CT molecular complexity index is 2520. The van der Waals surface area contributed by atoms with Crippen LogP contribution in [0.2, 0.25) is 0 Å². The minimum absolute atomic E-state index is 0. The van der Waals surface area contributed by atoms with Crippen molar-refractivity contribution in [1.82, 2.24) is 4.98 Å². The molecule has 0 bridgehead atoms. The van der Waals surface area contributed by atoms with E-state index in [4.69, 9.17) is 0 Å². The Morgan fingerprint density at radius 3 is 1.93 bits per heavy atom. The number of anilines is 3. The number of carbonyl (C=O) groups excluding carboxylic acids is 1. The van der Waals surface area contributed by atoms with Gasteiger partial charge in [0, 0.05) is 86.9 Å².